The van der Waals surface area contributed by atoms with Crippen LogP contribution in [0.25, 0.3) is 5.57 Å². The van der Waals surface area contributed by atoms with Crippen LogP contribution in [0.1, 0.15) is 152 Å². The topological polar surface area (TPSA) is 55.4 Å². The number of carbonyl (C=O) groups is 2. The number of allylic oxidation sites excluding steroid dienone is 1. The average Bonchev–Trinajstić information content (AvgIpc) is 2.97. The number of amides is 1. The van der Waals surface area contributed by atoms with Crippen molar-refractivity contribution in [3.8, 4) is 0 Å². The monoisotopic (exact) mass is 573 g/mol. The third-order valence-electron chi connectivity index (χ3n) is 9.13. The van der Waals surface area contributed by atoms with Crippen LogP contribution in [0.4, 0.5) is 5.69 Å². The SMILES string of the molecule is CCCCCCCCCCCCC/C=C(\C(=O)Nc1ccc(C(=O)OC)cc1)c1ccc2c(c1)C(C)(C)CCC2(C)C. The molecule has 4 nitrogen and oxygen atoms in total. The van der Waals surface area contributed by atoms with Gasteiger partial charge in [0.05, 0.1) is 12.7 Å². The molecule has 0 saturated carbocycles. The molecule has 1 aliphatic carbocycles. The highest BCUT2D eigenvalue weighted by Gasteiger charge is 2.37. The Labute approximate surface area is 255 Å². The van der Waals surface area contributed by atoms with Gasteiger partial charge in [0, 0.05) is 11.3 Å². The van der Waals surface area contributed by atoms with Gasteiger partial charge in [-0.3, -0.25) is 4.79 Å². The van der Waals surface area contributed by atoms with Crippen LogP contribution in [-0.2, 0) is 20.4 Å². The van der Waals surface area contributed by atoms with Crippen LogP contribution in [-0.4, -0.2) is 19.0 Å². The van der Waals surface area contributed by atoms with E-state index in [0.29, 0.717) is 11.3 Å². The summed E-state index contributed by atoms with van der Waals surface area (Å²) in [5.74, 6) is -0.503. The molecule has 2 aromatic carbocycles. The Balaban J connectivity index is 1.70. The number of nitrogens with one attached hydrogen (secondary N) is 1. The molecule has 1 aliphatic rings. The minimum absolute atomic E-state index is 0.0716. The van der Waals surface area contributed by atoms with E-state index in [1.54, 1.807) is 24.3 Å². The molecule has 0 radical (unpaired) electrons. The Hall–Kier alpha value is -2.88. The van der Waals surface area contributed by atoms with E-state index in [-0.39, 0.29) is 22.7 Å². The number of ether oxygens (including phenoxy) is 1. The quantitative estimate of drug-likeness (QED) is 0.123. The maximum atomic E-state index is 13.7. The van der Waals surface area contributed by atoms with E-state index >= 15 is 0 Å². The van der Waals surface area contributed by atoms with Crippen molar-refractivity contribution in [2.24, 2.45) is 0 Å². The fourth-order valence-corrected chi connectivity index (χ4v) is 6.16. The highest BCUT2D eigenvalue weighted by molar-refractivity contribution is 6.25. The molecule has 42 heavy (non-hydrogen) atoms. The van der Waals surface area contributed by atoms with Gasteiger partial charge in [-0.15, -0.1) is 0 Å². The zero-order valence-corrected chi connectivity index (χ0v) is 27.2. The molecule has 1 amide bonds. The Morgan fingerprint density at radius 1 is 0.738 bits per heavy atom. The third kappa shape index (κ3) is 9.57. The van der Waals surface area contributed by atoms with Crippen LogP contribution in [0.15, 0.2) is 48.5 Å². The molecule has 0 aromatic heterocycles. The molecule has 2 aromatic rings. The third-order valence-corrected chi connectivity index (χ3v) is 9.13. The van der Waals surface area contributed by atoms with Gasteiger partial charge < -0.3 is 10.1 Å². The number of unbranched alkanes of at least 4 members (excludes halogenated alkanes) is 11. The lowest BCUT2D eigenvalue weighted by atomic mass is 9.63. The van der Waals surface area contributed by atoms with E-state index in [4.69, 9.17) is 4.74 Å². The first-order valence-corrected chi connectivity index (χ1v) is 16.4. The first-order chi connectivity index (χ1) is 20.1. The Bertz CT molecular complexity index is 1190. The second kappa shape index (κ2) is 16.1. The zero-order valence-electron chi connectivity index (χ0n) is 27.2. The van der Waals surface area contributed by atoms with Crippen LogP contribution in [0, 0.1) is 0 Å². The van der Waals surface area contributed by atoms with E-state index < -0.39 is 0 Å². The zero-order chi connectivity index (χ0) is 30.6. The lowest BCUT2D eigenvalue weighted by molar-refractivity contribution is -0.111. The minimum Gasteiger partial charge on any atom is -0.465 e. The molecule has 230 valence electrons. The maximum Gasteiger partial charge on any atom is 0.337 e. The molecule has 0 saturated heterocycles. The summed E-state index contributed by atoms with van der Waals surface area (Å²) in [7, 11) is 1.37. The van der Waals surface area contributed by atoms with Crippen molar-refractivity contribution in [2.45, 2.75) is 135 Å². The van der Waals surface area contributed by atoms with E-state index in [1.165, 1.54) is 82.4 Å². The van der Waals surface area contributed by atoms with Gasteiger partial charge in [0.15, 0.2) is 0 Å². The molecule has 3 rings (SSSR count). The smallest absolute Gasteiger partial charge is 0.337 e. The molecule has 0 fully saturated rings. The predicted molar refractivity (Wildman–Crippen MR) is 177 cm³/mol. The van der Waals surface area contributed by atoms with E-state index in [0.717, 1.165) is 36.8 Å². The van der Waals surface area contributed by atoms with Crippen LogP contribution < -0.4 is 5.32 Å². The molecule has 1 N–H and O–H groups in total. The number of esters is 1. The lowest BCUT2D eigenvalue weighted by Crippen LogP contribution is -2.34. The summed E-state index contributed by atoms with van der Waals surface area (Å²) < 4.78 is 4.80. The van der Waals surface area contributed by atoms with Gasteiger partial charge in [-0.25, -0.2) is 4.79 Å². The van der Waals surface area contributed by atoms with Crippen molar-refractivity contribution in [2.75, 3.05) is 12.4 Å². The minimum atomic E-state index is -0.389. The number of carbonyl (C=O) groups excluding carboxylic acids is 2. The summed E-state index contributed by atoms with van der Waals surface area (Å²) in [4.78, 5) is 25.5. The van der Waals surface area contributed by atoms with Crippen molar-refractivity contribution in [1.82, 2.24) is 0 Å². The standard InChI is InChI=1S/C38H55NO3/c1-7-8-9-10-11-12-13-14-15-16-17-18-19-32(35(40)39-31-23-20-29(21-24-31)36(41)42-6)30-22-25-33-34(28-30)38(4,5)27-26-37(33,2)3/h19-25,28H,7-18,26-27H2,1-6H3,(H,39,40)/b32-19-. The number of methoxy groups -OCH3 is 1. The Morgan fingerprint density at radius 3 is 1.83 bits per heavy atom. The summed E-state index contributed by atoms with van der Waals surface area (Å²) in [6.45, 7) is 11.6. The summed E-state index contributed by atoms with van der Waals surface area (Å²) in [6, 6.07) is 13.5. The van der Waals surface area contributed by atoms with Crippen LogP contribution >= 0.6 is 0 Å². The molecule has 0 atom stereocenters. The summed E-state index contributed by atoms with van der Waals surface area (Å²) in [5.41, 5.74) is 5.77. The number of benzene rings is 2. The summed E-state index contributed by atoms with van der Waals surface area (Å²) >= 11 is 0. The van der Waals surface area contributed by atoms with Crippen molar-refractivity contribution in [1.29, 1.82) is 0 Å². The molecule has 0 spiro atoms. The Kier molecular flexibility index (Phi) is 12.9. The molecular weight excluding hydrogens is 518 g/mol. The molecule has 0 heterocycles. The highest BCUT2D eigenvalue weighted by Crippen LogP contribution is 2.46. The van der Waals surface area contributed by atoms with Crippen molar-refractivity contribution in [3.63, 3.8) is 0 Å². The average molecular weight is 574 g/mol. The molecule has 0 aliphatic heterocycles. The second-order valence-corrected chi connectivity index (χ2v) is 13.5. The van der Waals surface area contributed by atoms with Gasteiger partial charge >= 0.3 is 5.97 Å². The van der Waals surface area contributed by atoms with Crippen molar-refractivity contribution in [3.05, 3.63) is 70.8 Å². The maximum absolute atomic E-state index is 13.7. The van der Waals surface area contributed by atoms with Crippen LogP contribution in [0.2, 0.25) is 0 Å². The molecular formula is C38H55NO3. The lowest BCUT2D eigenvalue weighted by Gasteiger charge is -2.42. The first-order valence-electron chi connectivity index (χ1n) is 16.4. The predicted octanol–water partition coefficient (Wildman–Crippen LogP) is 10.5. The number of anilines is 1. The van der Waals surface area contributed by atoms with Gasteiger partial charge in [-0.1, -0.05) is 123 Å². The van der Waals surface area contributed by atoms with Crippen LogP contribution in [0.3, 0.4) is 0 Å². The van der Waals surface area contributed by atoms with Gasteiger partial charge in [-0.2, -0.15) is 0 Å². The van der Waals surface area contributed by atoms with Gasteiger partial charge in [-0.05, 0) is 77.5 Å². The molecule has 0 unspecified atom stereocenters. The highest BCUT2D eigenvalue weighted by atomic mass is 16.5. The number of rotatable bonds is 16. The van der Waals surface area contributed by atoms with E-state index in [9.17, 15) is 9.59 Å². The molecule has 4 heteroatoms. The Morgan fingerprint density at radius 2 is 1.26 bits per heavy atom. The second-order valence-electron chi connectivity index (χ2n) is 13.5. The van der Waals surface area contributed by atoms with Crippen LogP contribution in [0.5, 0.6) is 0 Å². The first kappa shape index (κ1) is 33.6. The van der Waals surface area contributed by atoms with Gasteiger partial charge in [0.25, 0.3) is 5.91 Å². The fourth-order valence-electron chi connectivity index (χ4n) is 6.16. The normalized spacial score (nSPS) is 15.6. The van der Waals surface area contributed by atoms with E-state index in [2.05, 4.69) is 64.2 Å². The number of hydrogen-bond donors (Lipinski definition) is 1. The summed E-state index contributed by atoms with van der Waals surface area (Å²) in [6.07, 6.45) is 19.7. The van der Waals surface area contributed by atoms with Gasteiger partial charge in [0.2, 0.25) is 0 Å². The fraction of sp³-hybridized carbons (Fsp3) is 0.579. The molecule has 0 bridgehead atoms. The summed E-state index contributed by atoms with van der Waals surface area (Å²) in [5, 5.41) is 3.08. The number of fused-ring (bicyclic) bond motifs is 1. The van der Waals surface area contributed by atoms with E-state index in [1.807, 2.05) is 0 Å². The number of hydrogen-bond acceptors (Lipinski definition) is 3. The van der Waals surface area contributed by atoms with Crippen molar-refractivity contribution >= 4 is 23.1 Å². The van der Waals surface area contributed by atoms with Gasteiger partial charge in [0.1, 0.15) is 0 Å². The van der Waals surface area contributed by atoms with Crippen molar-refractivity contribution < 1.29 is 14.3 Å². The largest absolute Gasteiger partial charge is 0.465 e.